The van der Waals surface area contributed by atoms with Gasteiger partial charge >= 0.3 is 0 Å². The van der Waals surface area contributed by atoms with Crippen LogP contribution in [-0.2, 0) is 0 Å². The maximum absolute atomic E-state index is 6.13. The lowest BCUT2D eigenvalue weighted by Crippen LogP contribution is -2.39. The zero-order chi connectivity index (χ0) is 14.6. The van der Waals surface area contributed by atoms with E-state index in [1.165, 1.54) is 5.56 Å². The fraction of sp³-hybridized carbons (Fsp3) is 0.647. The van der Waals surface area contributed by atoms with Crippen LogP contribution in [0.3, 0.4) is 0 Å². The van der Waals surface area contributed by atoms with E-state index < -0.39 is 0 Å². The van der Waals surface area contributed by atoms with Crippen molar-refractivity contribution < 1.29 is 9.47 Å². The molecular formula is C17H27NO2. The van der Waals surface area contributed by atoms with E-state index in [1.54, 1.807) is 0 Å². The normalized spacial score (nSPS) is 20.1. The lowest BCUT2D eigenvalue weighted by Gasteiger charge is -2.38. The highest BCUT2D eigenvalue weighted by atomic mass is 16.5. The van der Waals surface area contributed by atoms with Crippen LogP contribution in [0.2, 0.25) is 0 Å². The number of fused-ring (bicyclic) bond motifs is 1. The summed E-state index contributed by atoms with van der Waals surface area (Å²) in [5, 5.41) is 3.62. The summed E-state index contributed by atoms with van der Waals surface area (Å²) in [6.45, 7) is 10.4. The highest BCUT2D eigenvalue weighted by molar-refractivity contribution is 5.44. The van der Waals surface area contributed by atoms with Crippen molar-refractivity contribution in [2.45, 2.75) is 58.6 Å². The van der Waals surface area contributed by atoms with Crippen molar-refractivity contribution in [3.63, 3.8) is 0 Å². The predicted molar refractivity (Wildman–Crippen MR) is 82.6 cm³/mol. The number of hydrogen-bond donors (Lipinski definition) is 1. The summed E-state index contributed by atoms with van der Waals surface area (Å²) in [5.74, 6) is 1.86. The zero-order valence-electron chi connectivity index (χ0n) is 13.2. The first-order chi connectivity index (χ1) is 9.55. The number of rotatable bonds is 6. The molecule has 0 aromatic heterocycles. The van der Waals surface area contributed by atoms with Gasteiger partial charge in [-0.1, -0.05) is 19.9 Å². The molecule has 0 saturated carbocycles. The van der Waals surface area contributed by atoms with Crippen molar-refractivity contribution in [3.8, 4) is 11.5 Å². The van der Waals surface area contributed by atoms with Crippen molar-refractivity contribution in [1.82, 2.24) is 5.32 Å². The molecule has 0 aliphatic carbocycles. The van der Waals surface area contributed by atoms with Gasteiger partial charge in [0, 0.05) is 24.1 Å². The van der Waals surface area contributed by atoms with Gasteiger partial charge in [-0.3, -0.25) is 0 Å². The third-order valence-corrected chi connectivity index (χ3v) is 3.56. The number of nitrogens with one attached hydrogen (secondary N) is 1. The van der Waals surface area contributed by atoms with Gasteiger partial charge in [0.25, 0.3) is 0 Å². The molecule has 112 valence electrons. The standard InChI is InChI=1S/C17H27NO2/c1-5-9-18-15-12-17(3,4)20-16-11-13(19-10-6-2)7-8-14(15)16/h7-8,11,15,18H,5-6,9-10,12H2,1-4H3. The quantitative estimate of drug-likeness (QED) is 0.850. The number of benzene rings is 1. The van der Waals surface area contributed by atoms with E-state index in [4.69, 9.17) is 9.47 Å². The Morgan fingerprint density at radius 3 is 2.80 bits per heavy atom. The smallest absolute Gasteiger partial charge is 0.128 e. The van der Waals surface area contributed by atoms with Crippen molar-refractivity contribution in [1.29, 1.82) is 0 Å². The van der Waals surface area contributed by atoms with E-state index in [0.29, 0.717) is 6.04 Å². The molecule has 3 nitrogen and oxygen atoms in total. The zero-order valence-corrected chi connectivity index (χ0v) is 13.2. The molecule has 0 fully saturated rings. The summed E-state index contributed by atoms with van der Waals surface area (Å²) in [4.78, 5) is 0. The Balaban J connectivity index is 2.22. The molecule has 1 heterocycles. The summed E-state index contributed by atoms with van der Waals surface area (Å²) < 4.78 is 11.8. The number of ether oxygens (including phenoxy) is 2. The molecule has 0 bridgehead atoms. The van der Waals surface area contributed by atoms with Gasteiger partial charge in [0.1, 0.15) is 17.1 Å². The lowest BCUT2D eigenvalue weighted by atomic mass is 9.89. The molecule has 3 heteroatoms. The molecule has 1 aliphatic rings. The Bertz CT molecular complexity index is 443. The third-order valence-electron chi connectivity index (χ3n) is 3.56. The second kappa shape index (κ2) is 6.49. The fourth-order valence-corrected chi connectivity index (χ4v) is 2.64. The first-order valence-corrected chi connectivity index (χ1v) is 7.75. The lowest BCUT2D eigenvalue weighted by molar-refractivity contribution is 0.0657. The Morgan fingerprint density at radius 1 is 1.30 bits per heavy atom. The summed E-state index contributed by atoms with van der Waals surface area (Å²) in [5.41, 5.74) is 1.11. The van der Waals surface area contributed by atoms with Crippen LogP contribution in [0.4, 0.5) is 0 Å². The average Bonchev–Trinajstić information content (AvgIpc) is 2.40. The van der Waals surface area contributed by atoms with Crippen LogP contribution in [0.25, 0.3) is 0 Å². The van der Waals surface area contributed by atoms with Crippen molar-refractivity contribution in [3.05, 3.63) is 23.8 Å². The van der Waals surface area contributed by atoms with Crippen LogP contribution < -0.4 is 14.8 Å². The minimum atomic E-state index is -0.137. The van der Waals surface area contributed by atoms with Crippen LogP contribution in [0.15, 0.2) is 18.2 Å². The molecule has 0 amide bonds. The molecule has 1 atom stereocenters. The van der Waals surface area contributed by atoms with Crippen LogP contribution in [0.5, 0.6) is 11.5 Å². The van der Waals surface area contributed by atoms with Gasteiger partial charge in [-0.05, 0) is 39.3 Å². The molecule has 0 saturated heterocycles. The van der Waals surface area contributed by atoms with E-state index in [-0.39, 0.29) is 5.60 Å². The van der Waals surface area contributed by atoms with Crippen molar-refractivity contribution >= 4 is 0 Å². The van der Waals surface area contributed by atoms with Gasteiger partial charge < -0.3 is 14.8 Å². The highest BCUT2D eigenvalue weighted by Gasteiger charge is 2.33. The Labute approximate surface area is 122 Å². The minimum Gasteiger partial charge on any atom is -0.493 e. The first kappa shape index (κ1) is 15.2. The molecule has 0 spiro atoms. The second-order valence-corrected chi connectivity index (χ2v) is 6.12. The summed E-state index contributed by atoms with van der Waals surface area (Å²) in [6, 6.07) is 6.60. The maximum Gasteiger partial charge on any atom is 0.128 e. The van der Waals surface area contributed by atoms with E-state index in [9.17, 15) is 0 Å². The van der Waals surface area contributed by atoms with Crippen LogP contribution in [0, 0.1) is 0 Å². The highest BCUT2D eigenvalue weighted by Crippen LogP contribution is 2.41. The van der Waals surface area contributed by atoms with Crippen LogP contribution >= 0.6 is 0 Å². The Morgan fingerprint density at radius 2 is 2.10 bits per heavy atom. The monoisotopic (exact) mass is 277 g/mol. The Kier molecular flexibility index (Phi) is 4.92. The molecule has 2 rings (SSSR count). The van der Waals surface area contributed by atoms with Gasteiger partial charge in [0.05, 0.1) is 6.61 Å². The molecule has 0 radical (unpaired) electrons. The van der Waals surface area contributed by atoms with Crippen LogP contribution in [0.1, 0.15) is 58.6 Å². The van der Waals surface area contributed by atoms with Crippen LogP contribution in [-0.4, -0.2) is 18.8 Å². The molecule has 1 aromatic carbocycles. The minimum absolute atomic E-state index is 0.137. The summed E-state index contributed by atoms with van der Waals surface area (Å²) >= 11 is 0. The van der Waals surface area contributed by atoms with Gasteiger partial charge in [0.2, 0.25) is 0 Å². The van der Waals surface area contributed by atoms with E-state index >= 15 is 0 Å². The molecule has 1 aliphatic heterocycles. The first-order valence-electron chi connectivity index (χ1n) is 7.75. The van der Waals surface area contributed by atoms with Gasteiger partial charge in [0.15, 0.2) is 0 Å². The Hall–Kier alpha value is -1.22. The summed E-state index contributed by atoms with van der Waals surface area (Å²) in [7, 11) is 0. The SMILES string of the molecule is CCCNC1CC(C)(C)Oc2cc(OCCC)ccc21. The van der Waals surface area contributed by atoms with Gasteiger partial charge in [-0.25, -0.2) is 0 Å². The second-order valence-electron chi connectivity index (χ2n) is 6.12. The fourth-order valence-electron chi connectivity index (χ4n) is 2.64. The molecule has 1 unspecified atom stereocenters. The summed E-state index contributed by atoms with van der Waals surface area (Å²) in [6.07, 6.45) is 3.16. The average molecular weight is 277 g/mol. The van der Waals surface area contributed by atoms with E-state index in [1.807, 2.05) is 6.07 Å². The van der Waals surface area contributed by atoms with Crippen molar-refractivity contribution in [2.24, 2.45) is 0 Å². The van der Waals surface area contributed by atoms with Gasteiger partial charge in [-0.2, -0.15) is 0 Å². The molecule has 1 N–H and O–H groups in total. The predicted octanol–water partition coefficient (Wildman–Crippen LogP) is 4.08. The maximum atomic E-state index is 6.13. The number of hydrogen-bond acceptors (Lipinski definition) is 3. The topological polar surface area (TPSA) is 30.5 Å². The van der Waals surface area contributed by atoms with Crippen molar-refractivity contribution in [2.75, 3.05) is 13.2 Å². The largest absolute Gasteiger partial charge is 0.493 e. The molecular weight excluding hydrogens is 250 g/mol. The third kappa shape index (κ3) is 3.66. The van der Waals surface area contributed by atoms with E-state index in [2.05, 4.69) is 45.1 Å². The van der Waals surface area contributed by atoms with Gasteiger partial charge in [-0.15, -0.1) is 0 Å². The van der Waals surface area contributed by atoms with E-state index in [0.717, 1.165) is 43.9 Å². The molecule has 20 heavy (non-hydrogen) atoms. The molecule has 1 aromatic rings.